The van der Waals surface area contributed by atoms with Gasteiger partial charge in [0.1, 0.15) is 0 Å². The number of anilines is 1. The summed E-state index contributed by atoms with van der Waals surface area (Å²) in [5.74, 6) is -0.116. The van der Waals surface area contributed by atoms with Crippen LogP contribution in [0.5, 0.6) is 0 Å². The lowest BCUT2D eigenvalue weighted by Gasteiger charge is -2.08. The van der Waals surface area contributed by atoms with Gasteiger partial charge in [0.2, 0.25) is 0 Å². The SMILES string of the molecule is Cc1ccccc1C(=O)Nc1ccncc1Br. The van der Waals surface area contributed by atoms with E-state index in [1.54, 1.807) is 24.5 Å². The zero-order valence-electron chi connectivity index (χ0n) is 9.27. The molecule has 0 radical (unpaired) electrons. The third kappa shape index (κ3) is 2.71. The lowest BCUT2D eigenvalue weighted by atomic mass is 10.1. The van der Waals surface area contributed by atoms with Crippen LogP contribution in [-0.4, -0.2) is 10.9 Å². The van der Waals surface area contributed by atoms with Crippen molar-refractivity contribution in [2.75, 3.05) is 5.32 Å². The van der Waals surface area contributed by atoms with Crippen molar-refractivity contribution >= 4 is 27.5 Å². The van der Waals surface area contributed by atoms with E-state index < -0.39 is 0 Å². The first-order valence-electron chi connectivity index (χ1n) is 5.15. The molecule has 0 aliphatic carbocycles. The maximum atomic E-state index is 12.0. The molecule has 0 atom stereocenters. The molecule has 3 nitrogen and oxygen atoms in total. The fourth-order valence-electron chi connectivity index (χ4n) is 1.49. The lowest BCUT2D eigenvalue weighted by Crippen LogP contribution is -2.13. The summed E-state index contributed by atoms with van der Waals surface area (Å²) in [6.45, 7) is 1.91. The molecule has 0 saturated heterocycles. The fourth-order valence-corrected chi connectivity index (χ4v) is 1.84. The van der Waals surface area contributed by atoms with E-state index >= 15 is 0 Å². The van der Waals surface area contributed by atoms with Crippen LogP contribution in [0, 0.1) is 6.92 Å². The minimum atomic E-state index is -0.116. The Balaban J connectivity index is 2.24. The van der Waals surface area contributed by atoms with Gasteiger partial charge in [-0.15, -0.1) is 0 Å². The number of aryl methyl sites for hydroxylation is 1. The summed E-state index contributed by atoms with van der Waals surface area (Å²) in [5, 5.41) is 2.84. The normalized spacial score (nSPS) is 10.0. The molecule has 4 heteroatoms. The van der Waals surface area contributed by atoms with Crippen molar-refractivity contribution < 1.29 is 4.79 Å². The van der Waals surface area contributed by atoms with E-state index in [0.717, 1.165) is 10.0 Å². The Kier molecular flexibility index (Phi) is 3.54. The zero-order valence-corrected chi connectivity index (χ0v) is 10.9. The minimum absolute atomic E-state index is 0.116. The van der Waals surface area contributed by atoms with E-state index in [-0.39, 0.29) is 5.91 Å². The lowest BCUT2D eigenvalue weighted by molar-refractivity contribution is 0.102. The monoisotopic (exact) mass is 290 g/mol. The molecule has 0 aliphatic heterocycles. The average molecular weight is 291 g/mol. The number of nitrogens with zero attached hydrogens (tertiary/aromatic N) is 1. The van der Waals surface area contributed by atoms with Gasteiger partial charge in [0.05, 0.1) is 10.2 Å². The summed E-state index contributed by atoms with van der Waals surface area (Å²) in [6.07, 6.45) is 3.28. The number of nitrogens with one attached hydrogen (secondary N) is 1. The summed E-state index contributed by atoms with van der Waals surface area (Å²) >= 11 is 3.34. The third-order valence-corrected chi connectivity index (χ3v) is 3.04. The molecule has 0 bridgehead atoms. The smallest absolute Gasteiger partial charge is 0.255 e. The second-order valence-corrected chi connectivity index (χ2v) is 4.48. The van der Waals surface area contributed by atoms with Gasteiger partial charge in [-0.3, -0.25) is 9.78 Å². The Morgan fingerprint density at radius 1 is 1.29 bits per heavy atom. The Morgan fingerprint density at radius 2 is 2.06 bits per heavy atom. The number of rotatable bonds is 2. The molecule has 2 rings (SSSR count). The summed E-state index contributed by atoms with van der Waals surface area (Å²) < 4.78 is 0.766. The van der Waals surface area contributed by atoms with E-state index in [2.05, 4.69) is 26.2 Å². The van der Waals surface area contributed by atoms with E-state index in [1.165, 1.54) is 0 Å². The molecular weight excluding hydrogens is 280 g/mol. The highest BCUT2D eigenvalue weighted by Crippen LogP contribution is 2.21. The average Bonchev–Trinajstić information content (AvgIpc) is 2.32. The molecule has 0 fully saturated rings. The molecule has 1 aromatic heterocycles. The molecule has 0 saturated carbocycles. The Labute approximate surface area is 108 Å². The highest BCUT2D eigenvalue weighted by molar-refractivity contribution is 9.10. The van der Waals surface area contributed by atoms with Crippen LogP contribution in [0.4, 0.5) is 5.69 Å². The van der Waals surface area contributed by atoms with Crippen molar-refractivity contribution in [1.82, 2.24) is 4.98 Å². The second kappa shape index (κ2) is 5.10. The molecule has 17 heavy (non-hydrogen) atoms. The molecule has 0 spiro atoms. The summed E-state index contributed by atoms with van der Waals surface area (Å²) in [5.41, 5.74) is 2.35. The molecule has 1 heterocycles. The maximum Gasteiger partial charge on any atom is 0.255 e. The van der Waals surface area contributed by atoms with Gasteiger partial charge in [-0.25, -0.2) is 0 Å². The quantitative estimate of drug-likeness (QED) is 0.921. The Hall–Kier alpha value is -1.68. The molecule has 86 valence electrons. The topological polar surface area (TPSA) is 42.0 Å². The molecule has 2 aromatic rings. The summed E-state index contributed by atoms with van der Waals surface area (Å²) in [4.78, 5) is 16.0. The van der Waals surface area contributed by atoms with Gasteiger partial charge in [-0.1, -0.05) is 18.2 Å². The van der Waals surface area contributed by atoms with Crippen LogP contribution in [0.3, 0.4) is 0 Å². The standard InChI is InChI=1S/C13H11BrN2O/c1-9-4-2-3-5-10(9)13(17)16-12-6-7-15-8-11(12)14/h2-8H,1H3,(H,15,16,17). The predicted octanol–water partition coefficient (Wildman–Crippen LogP) is 3.40. The number of halogens is 1. The van der Waals surface area contributed by atoms with Gasteiger partial charge in [0.25, 0.3) is 5.91 Å². The first-order valence-corrected chi connectivity index (χ1v) is 5.94. The van der Waals surface area contributed by atoms with E-state index in [9.17, 15) is 4.79 Å². The first-order chi connectivity index (χ1) is 8.18. The molecule has 0 unspecified atom stereocenters. The van der Waals surface area contributed by atoms with Crippen LogP contribution in [0.2, 0.25) is 0 Å². The second-order valence-electron chi connectivity index (χ2n) is 3.62. The van der Waals surface area contributed by atoms with Crippen molar-refractivity contribution in [2.45, 2.75) is 6.92 Å². The van der Waals surface area contributed by atoms with Crippen LogP contribution in [-0.2, 0) is 0 Å². The van der Waals surface area contributed by atoms with Crippen LogP contribution in [0.1, 0.15) is 15.9 Å². The highest BCUT2D eigenvalue weighted by Gasteiger charge is 2.09. The van der Waals surface area contributed by atoms with Crippen LogP contribution in [0.15, 0.2) is 47.2 Å². The highest BCUT2D eigenvalue weighted by atomic mass is 79.9. The molecule has 1 amide bonds. The van der Waals surface area contributed by atoms with Crippen LogP contribution >= 0.6 is 15.9 Å². The van der Waals surface area contributed by atoms with Crippen molar-refractivity contribution in [2.24, 2.45) is 0 Å². The number of hydrogen-bond donors (Lipinski definition) is 1. The van der Waals surface area contributed by atoms with Crippen molar-refractivity contribution in [1.29, 1.82) is 0 Å². The van der Waals surface area contributed by atoms with Gasteiger partial charge < -0.3 is 5.32 Å². The Bertz CT molecular complexity index is 555. The molecule has 1 aromatic carbocycles. The number of aromatic nitrogens is 1. The minimum Gasteiger partial charge on any atom is -0.321 e. The van der Waals surface area contributed by atoms with Gasteiger partial charge in [-0.05, 0) is 40.5 Å². The van der Waals surface area contributed by atoms with Crippen molar-refractivity contribution in [3.63, 3.8) is 0 Å². The number of amides is 1. The summed E-state index contributed by atoms with van der Waals surface area (Å²) in [6, 6.07) is 9.23. The van der Waals surface area contributed by atoms with Gasteiger partial charge >= 0.3 is 0 Å². The summed E-state index contributed by atoms with van der Waals surface area (Å²) in [7, 11) is 0. The van der Waals surface area contributed by atoms with Crippen molar-refractivity contribution in [3.05, 3.63) is 58.3 Å². The number of hydrogen-bond acceptors (Lipinski definition) is 2. The van der Waals surface area contributed by atoms with Gasteiger partial charge in [-0.2, -0.15) is 0 Å². The van der Waals surface area contributed by atoms with Gasteiger partial charge in [0.15, 0.2) is 0 Å². The van der Waals surface area contributed by atoms with Crippen molar-refractivity contribution in [3.8, 4) is 0 Å². The van der Waals surface area contributed by atoms with Crippen LogP contribution in [0.25, 0.3) is 0 Å². The zero-order chi connectivity index (χ0) is 12.3. The fraction of sp³-hybridized carbons (Fsp3) is 0.0769. The predicted molar refractivity (Wildman–Crippen MR) is 71.1 cm³/mol. The third-order valence-electron chi connectivity index (χ3n) is 2.41. The number of benzene rings is 1. The molecule has 1 N–H and O–H groups in total. The number of pyridine rings is 1. The molecular formula is C13H11BrN2O. The largest absolute Gasteiger partial charge is 0.321 e. The first kappa shape index (κ1) is 11.8. The van der Waals surface area contributed by atoms with Gasteiger partial charge in [0, 0.05) is 18.0 Å². The van der Waals surface area contributed by atoms with E-state index in [1.807, 2.05) is 25.1 Å². The van der Waals surface area contributed by atoms with Crippen LogP contribution < -0.4 is 5.32 Å². The molecule has 0 aliphatic rings. The Morgan fingerprint density at radius 3 is 2.76 bits per heavy atom. The maximum absolute atomic E-state index is 12.0. The van der Waals surface area contributed by atoms with E-state index in [4.69, 9.17) is 0 Å². The number of carbonyl (C=O) groups is 1. The number of carbonyl (C=O) groups excluding carboxylic acids is 1. The van der Waals surface area contributed by atoms with E-state index in [0.29, 0.717) is 11.3 Å².